The van der Waals surface area contributed by atoms with E-state index in [-0.39, 0.29) is 18.1 Å². The summed E-state index contributed by atoms with van der Waals surface area (Å²) in [5.74, 6) is 1.17. The fraction of sp³-hybridized carbons (Fsp3) is 0.414. The predicted octanol–water partition coefficient (Wildman–Crippen LogP) is 5.89. The van der Waals surface area contributed by atoms with Crippen molar-refractivity contribution in [2.24, 2.45) is 0 Å². The van der Waals surface area contributed by atoms with Crippen molar-refractivity contribution in [3.05, 3.63) is 82.6 Å². The number of para-hydroxylation sites is 2. The van der Waals surface area contributed by atoms with Crippen molar-refractivity contribution in [3.8, 4) is 5.75 Å². The number of thiophene rings is 1. The standard InChI is InChI=1S/C29H37N3O2S/c1-3-29(33)32(24-11-5-4-6-12-24)25-16-19-31(20-17-25)22-23-10-7-8-13-26(23)34-27(15-18-30-2)28-14-9-21-35-28/h4-14,21,25,27,30H,3,15-20,22H2,1-2H3/t27-/m0/s1. The minimum atomic E-state index is 0.0498. The molecule has 1 aliphatic heterocycles. The molecule has 4 rings (SSSR count). The third-order valence-corrected chi connectivity index (χ3v) is 7.64. The lowest BCUT2D eigenvalue weighted by molar-refractivity contribution is -0.119. The Bertz CT molecular complexity index is 1030. The van der Waals surface area contributed by atoms with Crippen molar-refractivity contribution in [3.63, 3.8) is 0 Å². The number of carbonyl (C=O) groups excluding carboxylic acids is 1. The van der Waals surface area contributed by atoms with Gasteiger partial charge in [0.15, 0.2) is 0 Å². The molecule has 0 spiro atoms. The van der Waals surface area contributed by atoms with Gasteiger partial charge in [0.1, 0.15) is 11.9 Å². The van der Waals surface area contributed by atoms with Crippen LogP contribution >= 0.6 is 11.3 Å². The van der Waals surface area contributed by atoms with Crippen LogP contribution in [-0.4, -0.2) is 43.5 Å². The summed E-state index contributed by atoms with van der Waals surface area (Å²) in [5.41, 5.74) is 2.24. The van der Waals surface area contributed by atoms with E-state index in [9.17, 15) is 4.79 Å². The first-order valence-electron chi connectivity index (χ1n) is 12.7. The van der Waals surface area contributed by atoms with Gasteiger partial charge in [-0.15, -0.1) is 11.3 Å². The summed E-state index contributed by atoms with van der Waals surface area (Å²) in [6.45, 7) is 5.65. The number of likely N-dealkylation sites (tertiary alicyclic amines) is 1. The largest absolute Gasteiger partial charge is 0.485 e. The molecule has 0 unspecified atom stereocenters. The molecule has 0 bridgehead atoms. The number of rotatable bonds is 11. The van der Waals surface area contributed by atoms with E-state index in [1.807, 2.05) is 49.2 Å². The van der Waals surface area contributed by atoms with Gasteiger partial charge in [0, 0.05) is 54.6 Å². The lowest BCUT2D eigenvalue weighted by atomic mass is 10.0. The maximum Gasteiger partial charge on any atom is 0.226 e. The Morgan fingerprint density at radius 1 is 1.09 bits per heavy atom. The molecule has 1 saturated heterocycles. The van der Waals surface area contributed by atoms with Gasteiger partial charge in [-0.05, 0) is 56.1 Å². The number of carbonyl (C=O) groups is 1. The average molecular weight is 492 g/mol. The quantitative estimate of drug-likeness (QED) is 0.364. The third-order valence-electron chi connectivity index (χ3n) is 6.68. The number of hydrogen-bond donors (Lipinski definition) is 1. The number of ether oxygens (including phenoxy) is 1. The normalized spacial score (nSPS) is 15.6. The van der Waals surface area contributed by atoms with Gasteiger partial charge in [-0.3, -0.25) is 9.69 Å². The second kappa shape index (κ2) is 12.9. The molecule has 5 nitrogen and oxygen atoms in total. The highest BCUT2D eigenvalue weighted by molar-refractivity contribution is 7.10. The molecular formula is C29H37N3O2S. The number of nitrogens with zero attached hydrogens (tertiary/aromatic N) is 2. The zero-order chi connectivity index (χ0) is 24.5. The van der Waals surface area contributed by atoms with E-state index in [2.05, 4.69) is 52.0 Å². The van der Waals surface area contributed by atoms with Crippen LogP contribution in [0.5, 0.6) is 5.75 Å². The Morgan fingerprint density at radius 2 is 1.83 bits per heavy atom. The van der Waals surface area contributed by atoms with Gasteiger partial charge in [0.25, 0.3) is 0 Å². The van der Waals surface area contributed by atoms with E-state index in [0.717, 1.165) is 56.9 Å². The lowest BCUT2D eigenvalue weighted by Crippen LogP contribution is -2.47. The van der Waals surface area contributed by atoms with Crippen molar-refractivity contribution in [1.82, 2.24) is 10.2 Å². The van der Waals surface area contributed by atoms with Crippen LogP contribution in [0.25, 0.3) is 0 Å². The molecule has 1 atom stereocenters. The van der Waals surface area contributed by atoms with Crippen molar-refractivity contribution in [2.75, 3.05) is 31.6 Å². The van der Waals surface area contributed by atoms with Crippen LogP contribution in [0.2, 0.25) is 0 Å². The average Bonchev–Trinajstić information content (AvgIpc) is 3.44. The van der Waals surface area contributed by atoms with Crippen LogP contribution in [0, 0.1) is 0 Å². The molecular weight excluding hydrogens is 454 g/mol. The number of hydrogen-bond acceptors (Lipinski definition) is 5. The number of benzene rings is 2. The first kappa shape index (κ1) is 25.4. The van der Waals surface area contributed by atoms with Gasteiger partial charge in [0.2, 0.25) is 5.91 Å². The number of anilines is 1. The highest BCUT2D eigenvalue weighted by Crippen LogP contribution is 2.32. The van der Waals surface area contributed by atoms with Crippen molar-refractivity contribution < 1.29 is 9.53 Å². The molecule has 6 heteroatoms. The summed E-state index contributed by atoms with van der Waals surface area (Å²) in [6, 6.07) is 23.1. The Balaban J connectivity index is 1.41. The van der Waals surface area contributed by atoms with Crippen molar-refractivity contribution in [1.29, 1.82) is 0 Å². The number of piperidine rings is 1. The van der Waals surface area contributed by atoms with Crippen molar-refractivity contribution in [2.45, 2.75) is 51.3 Å². The molecule has 1 aromatic heterocycles. The third kappa shape index (κ3) is 6.72. The van der Waals surface area contributed by atoms with Crippen LogP contribution < -0.4 is 15.0 Å². The van der Waals surface area contributed by atoms with Crippen LogP contribution in [0.4, 0.5) is 5.69 Å². The predicted molar refractivity (Wildman–Crippen MR) is 145 cm³/mol. The van der Waals surface area contributed by atoms with E-state index >= 15 is 0 Å². The van der Waals surface area contributed by atoms with Gasteiger partial charge in [0.05, 0.1) is 0 Å². The zero-order valence-electron chi connectivity index (χ0n) is 20.9. The Labute approximate surface area is 213 Å². The minimum absolute atomic E-state index is 0.0498. The maximum atomic E-state index is 12.8. The first-order chi connectivity index (χ1) is 17.2. The van der Waals surface area contributed by atoms with Crippen LogP contribution in [0.1, 0.15) is 49.2 Å². The van der Waals surface area contributed by atoms with Gasteiger partial charge in [-0.25, -0.2) is 0 Å². The first-order valence-corrected chi connectivity index (χ1v) is 13.6. The Kier molecular flexibility index (Phi) is 9.35. The Hall–Kier alpha value is -2.67. The fourth-order valence-corrected chi connectivity index (χ4v) is 5.59. The van der Waals surface area contributed by atoms with E-state index in [4.69, 9.17) is 4.74 Å². The second-order valence-electron chi connectivity index (χ2n) is 9.08. The molecule has 1 amide bonds. The van der Waals surface area contributed by atoms with E-state index in [0.29, 0.717) is 6.42 Å². The molecule has 35 heavy (non-hydrogen) atoms. The summed E-state index contributed by atoms with van der Waals surface area (Å²) in [5, 5.41) is 5.37. The van der Waals surface area contributed by atoms with Crippen molar-refractivity contribution >= 4 is 22.9 Å². The van der Waals surface area contributed by atoms with Gasteiger partial charge in [-0.2, -0.15) is 0 Å². The smallest absolute Gasteiger partial charge is 0.226 e. The SMILES string of the molecule is CCC(=O)N(c1ccccc1)C1CCN(Cc2ccccc2O[C@@H](CCNC)c2cccs2)CC1. The fourth-order valence-electron chi connectivity index (χ4n) is 4.81. The van der Waals surface area contributed by atoms with Gasteiger partial charge < -0.3 is 15.0 Å². The summed E-state index contributed by atoms with van der Waals surface area (Å²) in [7, 11) is 1.98. The van der Waals surface area contributed by atoms with Crippen LogP contribution in [0.3, 0.4) is 0 Å². The maximum absolute atomic E-state index is 12.8. The number of amides is 1. The highest BCUT2D eigenvalue weighted by atomic mass is 32.1. The number of nitrogens with one attached hydrogen (secondary N) is 1. The monoisotopic (exact) mass is 491 g/mol. The molecule has 186 valence electrons. The molecule has 0 radical (unpaired) electrons. The van der Waals surface area contributed by atoms with Crippen LogP contribution in [-0.2, 0) is 11.3 Å². The molecule has 1 fully saturated rings. The summed E-state index contributed by atoms with van der Waals surface area (Å²) >= 11 is 1.75. The molecule has 1 aliphatic rings. The van der Waals surface area contributed by atoms with Gasteiger partial charge in [-0.1, -0.05) is 49.4 Å². The van der Waals surface area contributed by atoms with Crippen LogP contribution in [0.15, 0.2) is 72.1 Å². The van der Waals surface area contributed by atoms with E-state index in [1.54, 1.807) is 11.3 Å². The topological polar surface area (TPSA) is 44.8 Å². The molecule has 2 heterocycles. The summed E-state index contributed by atoms with van der Waals surface area (Å²) in [6.07, 6.45) is 3.46. The summed E-state index contributed by atoms with van der Waals surface area (Å²) < 4.78 is 6.59. The van der Waals surface area contributed by atoms with Gasteiger partial charge >= 0.3 is 0 Å². The Morgan fingerprint density at radius 3 is 2.51 bits per heavy atom. The minimum Gasteiger partial charge on any atom is -0.485 e. The molecule has 0 aliphatic carbocycles. The molecule has 1 N–H and O–H groups in total. The molecule has 0 saturated carbocycles. The molecule has 3 aromatic rings. The zero-order valence-corrected chi connectivity index (χ0v) is 21.7. The van der Waals surface area contributed by atoms with E-state index in [1.165, 1.54) is 10.4 Å². The van der Waals surface area contributed by atoms with E-state index < -0.39 is 0 Å². The lowest BCUT2D eigenvalue weighted by Gasteiger charge is -2.38. The summed E-state index contributed by atoms with van der Waals surface area (Å²) in [4.78, 5) is 18.6. The highest BCUT2D eigenvalue weighted by Gasteiger charge is 2.28. The second-order valence-corrected chi connectivity index (χ2v) is 10.1. The molecule has 2 aromatic carbocycles.